The van der Waals surface area contributed by atoms with Gasteiger partial charge in [-0.3, -0.25) is 14.5 Å². The van der Waals surface area contributed by atoms with Crippen LogP contribution in [0, 0.1) is 5.92 Å². The van der Waals surface area contributed by atoms with Crippen LogP contribution in [-0.2, 0) is 16.1 Å². The van der Waals surface area contributed by atoms with Gasteiger partial charge in [-0.1, -0.05) is 6.92 Å². The maximum atomic E-state index is 11.6. The Kier molecular flexibility index (Phi) is 2.93. The highest BCUT2D eigenvalue weighted by atomic mass is 79.9. The van der Waals surface area contributed by atoms with Crippen molar-refractivity contribution in [2.75, 3.05) is 0 Å². The zero-order valence-corrected chi connectivity index (χ0v) is 10.6. The number of hydrogen-bond acceptors (Lipinski definition) is 3. The Morgan fingerprint density at radius 2 is 2.33 bits per heavy atom. The summed E-state index contributed by atoms with van der Waals surface area (Å²) in [5.41, 5.74) is 0. The molecule has 2 rings (SSSR count). The molecule has 0 aromatic carbocycles. The van der Waals surface area contributed by atoms with Gasteiger partial charge in [-0.05, 0) is 27.4 Å². The first-order chi connectivity index (χ1) is 7.09. The van der Waals surface area contributed by atoms with E-state index in [0.29, 0.717) is 13.0 Å². The van der Waals surface area contributed by atoms with Crippen LogP contribution in [-0.4, -0.2) is 16.7 Å². The molecule has 15 heavy (non-hydrogen) atoms. The number of nitrogens with zero attached hydrogens (tertiary/aromatic N) is 1. The molecule has 1 atom stereocenters. The number of carbonyl (C=O) groups is 2. The average Bonchev–Trinajstić information content (AvgIpc) is 2.67. The van der Waals surface area contributed by atoms with Gasteiger partial charge in [0, 0.05) is 21.7 Å². The minimum absolute atomic E-state index is 0.0553. The molecule has 0 N–H and O–H groups in total. The molecule has 1 unspecified atom stereocenters. The molecule has 2 heterocycles. The third kappa shape index (κ3) is 1.99. The van der Waals surface area contributed by atoms with Crippen molar-refractivity contribution in [3.63, 3.8) is 0 Å². The lowest BCUT2D eigenvalue weighted by atomic mass is 10.1. The van der Waals surface area contributed by atoms with Gasteiger partial charge in [-0.25, -0.2) is 0 Å². The van der Waals surface area contributed by atoms with Crippen LogP contribution in [0.5, 0.6) is 0 Å². The van der Waals surface area contributed by atoms with Gasteiger partial charge in [0.25, 0.3) is 0 Å². The molecule has 0 aliphatic carbocycles. The summed E-state index contributed by atoms with van der Waals surface area (Å²) in [5, 5.41) is 1.94. The van der Waals surface area contributed by atoms with Crippen molar-refractivity contribution in [1.29, 1.82) is 0 Å². The fourth-order valence-corrected chi connectivity index (χ4v) is 3.06. The quantitative estimate of drug-likeness (QED) is 0.784. The lowest BCUT2D eigenvalue weighted by Gasteiger charge is -2.13. The topological polar surface area (TPSA) is 37.4 Å². The van der Waals surface area contributed by atoms with E-state index in [2.05, 4.69) is 15.9 Å². The smallest absolute Gasteiger partial charge is 0.232 e. The molecule has 2 amide bonds. The van der Waals surface area contributed by atoms with Gasteiger partial charge in [0.1, 0.15) is 0 Å². The van der Waals surface area contributed by atoms with Gasteiger partial charge in [0.05, 0.1) is 6.54 Å². The van der Waals surface area contributed by atoms with E-state index in [0.717, 1.165) is 9.35 Å². The summed E-state index contributed by atoms with van der Waals surface area (Å²) in [5.74, 6) is -0.274. The summed E-state index contributed by atoms with van der Waals surface area (Å²) in [4.78, 5) is 25.5. The highest BCUT2D eigenvalue weighted by molar-refractivity contribution is 9.10. The van der Waals surface area contributed by atoms with Gasteiger partial charge in [0.2, 0.25) is 11.8 Å². The Hall–Kier alpha value is -0.680. The van der Waals surface area contributed by atoms with E-state index in [4.69, 9.17) is 0 Å². The second-order valence-electron chi connectivity index (χ2n) is 3.62. The molecule has 80 valence electrons. The molecule has 0 saturated carbocycles. The summed E-state index contributed by atoms with van der Waals surface area (Å²) in [7, 11) is 0. The highest BCUT2D eigenvalue weighted by Crippen LogP contribution is 2.27. The average molecular weight is 288 g/mol. The SMILES string of the molecule is CC1CC(=O)N(Cc2sccc2Br)C1=O. The molecule has 1 aliphatic rings. The summed E-state index contributed by atoms with van der Waals surface area (Å²) in [6.07, 6.45) is 0.349. The van der Waals surface area contributed by atoms with Gasteiger partial charge in [-0.15, -0.1) is 11.3 Å². The molecule has 0 spiro atoms. The van der Waals surface area contributed by atoms with Crippen molar-refractivity contribution in [3.8, 4) is 0 Å². The van der Waals surface area contributed by atoms with Crippen molar-refractivity contribution in [2.45, 2.75) is 19.9 Å². The number of carbonyl (C=O) groups excluding carboxylic acids is 2. The van der Waals surface area contributed by atoms with Crippen molar-refractivity contribution in [1.82, 2.24) is 4.90 Å². The Bertz CT molecular complexity index is 415. The molecule has 1 aromatic heterocycles. The van der Waals surface area contributed by atoms with E-state index in [1.54, 1.807) is 18.3 Å². The number of thiophene rings is 1. The zero-order valence-electron chi connectivity index (χ0n) is 8.20. The molecule has 0 radical (unpaired) electrons. The van der Waals surface area contributed by atoms with Crippen LogP contribution in [0.15, 0.2) is 15.9 Å². The van der Waals surface area contributed by atoms with E-state index >= 15 is 0 Å². The largest absolute Gasteiger partial charge is 0.277 e. The van der Waals surface area contributed by atoms with Gasteiger partial charge in [-0.2, -0.15) is 0 Å². The fraction of sp³-hybridized carbons (Fsp3) is 0.400. The second kappa shape index (κ2) is 4.06. The number of halogens is 1. The number of rotatable bonds is 2. The molecule has 0 bridgehead atoms. The van der Waals surface area contributed by atoms with Gasteiger partial charge >= 0.3 is 0 Å². The molecule has 3 nitrogen and oxygen atoms in total. The van der Waals surface area contributed by atoms with Crippen molar-refractivity contribution in [3.05, 3.63) is 20.8 Å². The number of likely N-dealkylation sites (tertiary alicyclic amines) is 1. The molecule has 5 heteroatoms. The molecule has 1 fully saturated rings. The van der Waals surface area contributed by atoms with Crippen LogP contribution in [0.4, 0.5) is 0 Å². The van der Waals surface area contributed by atoms with E-state index in [-0.39, 0.29) is 17.7 Å². The van der Waals surface area contributed by atoms with Crippen LogP contribution in [0.25, 0.3) is 0 Å². The summed E-state index contributed by atoms with van der Waals surface area (Å²) in [6.45, 7) is 2.20. The molecule has 1 aromatic rings. The predicted molar refractivity (Wildman–Crippen MR) is 61.4 cm³/mol. The van der Waals surface area contributed by atoms with Crippen LogP contribution in [0.2, 0.25) is 0 Å². The maximum absolute atomic E-state index is 11.6. The van der Waals surface area contributed by atoms with E-state index < -0.39 is 0 Å². The second-order valence-corrected chi connectivity index (χ2v) is 5.47. The monoisotopic (exact) mass is 287 g/mol. The first-order valence-electron chi connectivity index (χ1n) is 4.65. The summed E-state index contributed by atoms with van der Waals surface area (Å²) in [6, 6.07) is 1.93. The summed E-state index contributed by atoms with van der Waals surface area (Å²) >= 11 is 4.94. The Morgan fingerprint density at radius 3 is 2.80 bits per heavy atom. The van der Waals surface area contributed by atoms with Crippen LogP contribution in [0.1, 0.15) is 18.2 Å². The lowest BCUT2D eigenvalue weighted by molar-refractivity contribution is -0.139. The van der Waals surface area contributed by atoms with E-state index in [1.807, 2.05) is 11.4 Å². The molecular weight excluding hydrogens is 278 g/mol. The standard InChI is InChI=1S/C10H10BrNO2S/c1-6-4-9(13)12(10(6)14)5-8-7(11)2-3-15-8/h2-3,6H,4-5H2,1H3. The third-order valence-electron chi connectivity index (χ3n) is 2.46. The van der Waals surface area contributed by atoms with Crippen molar-refractivity contribution in [2.24, 2.45) is 5.92 Å². The van der Waals surface area contributed by atoms with E-state index in [9.17, 15) is 9.59 Å². The van der Waals surface area contributed by atoms with Crippen LogP contribution >= 0.6 is 27.3 Å². The normalized spacial score (nSPS) is 21.5. The number of amides is 2. The van der Waals surface area contributed by atoms with E-state index in [1.165, 1.54) is 4.90 Å². The minimum atomic E-state index is -0.156. The van der Waals surface area contributed by atoms with Gasteiger partial charge in [0.15, 0.2) is 0 Å². The first kappa shape index (κ1) is 10.8. The molecule has 1 saturated heterocycles. The predicted octanol–water partition coefficient (Wildman–Crippen LogP) is 2.41. The van der Waals surface area contributed by atoms with Gasteiger partial charge < -0.3 is 0 Å². The Morgan fingerprint density at radius 1 is 1.60 bits per heavy atom. The molecular formula is C10H10BrNO2S. The lowest BCUT2D eigenvalue weighted by Crippen LogP contribution is -2.29. The maximum Gasteiger partial charge on any atom is 0.232 e. The van der Waals surface area contributed by atoms with Crippen molar-refractivity contribution >= 4 is 39.1 Å². The number of hydrogen-bond donors (Lipinski definition) is 0. The Labute approximate surface area is 100 Å². The number of imide groups is 1. The molecule has 1 aliphatic heterocycles. The summed E-state index contributed by atoms with van der Waals surface area (Å²) < 4.78 is 0.965. The van der Waals surface area contributed by atoms with Crippen LogP contribution in [0.3, 0.4) is 0 Å². The zero-order chi connectivity index (χ0) is 11.0. The first-order valence-corrected chi connectivity index (χ1v) is 6.33. The third-order valence-corrected chi connectivity index (χ3v) is 4.37. The van der Waals surface area contributed by atoms with Crippen LogP contribution < -0.4 is 0 Å². The minimum Gasteiger partial charge on any atom is -0.277 e. The fourth-order valence-electron chi connectivity index (χ4n) is 1.60. The Balaban J connectivity index is 2.16. The highest BCUT2D eigenvalue weighted by Gasteiger charge is 2.35. The van der Waals surface area contributed by atoms with Crippen molar-refractivity contribution < 1.29 is 9.59 Å².